The molecule has 0 radical (unpaired) electrons. The number of carboxylic acid groups (broad SMARTS) is 1. The average Bonchev–Trinajstić information content (AvgIpc) is 2.61. The highest BCUT2D eigenvalue weighted by molar-refractivity contribution is 7.89. The molecule has 0 spiro atoms. The summed E-state index contributed by atoms with van der Waals surface area (Å²) in [4.78, 5) is 22.8. The van der Waals surface area contributed by atoms with Gasteiger partial charge in [-0.2, -0.15) is 4.31 Å². The number of methoxy groups -OCH3 is 2. The highest BCUT2D eigenvalue weighted by atomic mass is 32.2. The van der Waals surface area contributed by atoms with Crippen molar-refractivity contribution in [2.75, 3.05) is 40.5 Å². The van der Waals surface area contributed by atoms with Crippen LogP contribution in [-0.2, 0) is 24.3 Å². The van der Waals surface area contributed by atoms with Crippen LogP contribution in [0.2, 0.25) is 0 Å². The first kappa shape index (κ1) is 22.0. The van der Waals surface area contributed by atoms with Crippen LogP contribution in [0.3, 0.4) is 0 Å². The van der Waals surface area contributed by atoms with E-state index in [1.165, 1.54) is 49.7 Å². The standard InChI is InChI=1S/C16H24N2O7S/c1-12(16(20)21)17-15(19)13-4-6-14(7-5-13)26(22,23)18(8-10-24-2)9-11-25-3/h4-7,12H,8-11H2,1-3H3,(H,17,19)(H,20,21). The number of carbonyl (C=O) groups is 2. The first-order chi connectivity index (χ1) is 12.2. The van der Waals surface area contributed by atoms with Gasteiger partial charge in [0.2, 0.25) is 10.0 Å². The Hall–Kier alpha value is -2.01. The van der Waals surface area contributed by atoms with Crippen molar-refractivity contribution in [2.45, 2.75) is 17.9 Å². The van der Waals surface area contributed by atoms with Crippen LogP contribution in [0, 0.1) is 0 Å². The first-order valence-corrected chi connectivity index (χ1v) is 9.29. The summed E-state index contributed by atoms with van der Waals surface area (Å²) < 4.78 is 36.6. The number of rotatable bonds is 11. The van der Waals surface area contributed by atoms with Gasteiger partial charge in [-0.15, -0.1) is 0 Å². The van der Waals surface area contributed by atoms with Crippen molar-refractivity contribution in [1.29, 1.82) is 0 Å². The molecule has 0 fully saturated rings. The largest absolute Gasteiger partial charge is 0.480 e. The Morgan fingerprint density at radius 2 is 1.62 bits per heavy atom. The number of carbonyl (C=O) groups excluding carboxylic acids is 1. The molecule has 0 aromatic heterocycles. The van der Waals surface area contributed by atoms with Crippen molar-refractivity contribution < 1.29 is 32.6 Å². The molecule has 0 aliphatic heterocycles. The molecule has 9 nitrogen and oxygen atoms in total. The highest BCUT2D eigenvalue weighted by Gasteiger charge is 2.24. The summed E-state index contributed by atoms with van der Waals surface area (Å²) in [5.41, 5.74) is 0.164. The molecule has 1 atom stereocenters. The van der Waals surface area contributed by atoms with Crippen molar-refractivity contribution in [2.24, 2.45) is 0 Å². The van der Waals surface area contributed by atoms with Crippen molar-refractivity contribution in [3.63, 3.8) is 0 Å². The lowest BCUT2D eigenvalue weighted by Crippen LogP contribution is -2.38. The van der Waals surface area contributed by atoms with Crippen LogP contribution in [-0.4, -0.2) is 76.3 Å². The van der Waals surface area contributed by atoms with Gasteiger partial charge in [-0.1, -0.05) is 0 Å². The van der Waals surface area contributed by atoms with Gasteiger partial charge in [-0.3, -0.25) is 9.59 Å². The molecular weight excluding hydrogens is 364 g/mol. The Balaban J connectivity index is 2.96. The fourth-order valence-electron chi connectivity index (χ4n) is 2.01. The summed E-state index contributed by atoms with van der Waals surface area (Å²) in [6.45, 7) is 2.14. The van der Waals surface area contributed by atoms with E-state index >= 15 is 0 Å². The lowest BCUT2D eigenvalue weighted by Gasteiger charge is -2.21. The molecule has 0 heterocycles. The van der Waals surface area contributed by atoms with Gasteiger partial charge in [0.25, 0.3) is 5.91 Å². The Labute approximate surface area is 152 Å². The summed E-state index contributed by atoms with van der Waals surface area (Å²) in [6, 6.07) is 4.23. The molecule has 1 aromatic rings. The number of amides is 1. The summed E-state index contributed by atoms with van der Waals surface area (Å²) in [6.07, 6.45) is 0. The van der Waals surface area contributed by atoms with E-state index in [2.05, 4.69) is 5.32 Å². The Morgan fingerprint density at radius 1 is 1.12 bits per heavy atom. The van der Waals surface area contributed by atoms with E-state index in [9.17, 15) is 18.0 Å². The van der Waals surface area contributed by atoms with Crippen LogP contribution in [0.5, 0.6) is 0 Å². The quantitative estimate of drug-likeness (QED) is 0.554. The normalized spacial score (nSPS) is 12.8. The van der Waals surface area contributed by atoms with Gasteiger partial charge >= 0.3 is 5.97 Å². The second kappa shape index (κ2) is 10.2. The third-order valence-corrected chi connectivity index (χ3v) is 5.47. The van der Waals surface area contributed by atoms with E-state index < -0.39 is 27.9 Å². The number of hydrogen-bond donors (Lipinski definition) is 2. The number of hydrogen-bond acceptors (Lipinski definition) is 6. The van der Waals surface area contributed by atoms with Gasteiger partial charge < -0.3 is 19.9 Å². The zero-order valence-corrected chi connectivity index (χ0v) is 15.8. The smallest absolute Gasteiger partial charge is 0.325 e. The maximum absolute atomic E-state index is 12.7. The Bertz CT molecular complexity index is 696. The van der Waals surface area contributed by atoms with Gasteiger partial charge in [0.15, 0.2) is 0 Å². The number of carboxylic acids is 1. The molecule has 10 heteroatoms. The molecule has 0 bridgehead atoms. The minimum atomic E-state index is -3.78. The molecule has 0 aliphatic rings. The molecule has 26 heavy (non-hydrogen) atoms. The fourth-order valence-corrected chi connectivity index (χ4v) is 3.42. The average molecular weight is 388 g/mol. The van der Waals surface area contributed by atoms with E-state index in [-0.39, 0.29) is 36.8 Å². The maximum atomic E-state index is 12.7. The number of ether oxygens (including phenoxy) is 2. The van der Waals surface area contributed by atoms with Crippen LogP contribution in [0.4, 0.5) is 0 Å². The number of nitrogens with zero attached hydrogens (tertiary/aromatic N) is 1. The van der Waals surface area contributed by atoms with E-state index in [0.29, 0.717) is 0 Å². The number of aliphatic carboxylic acids is 1. The minimum absolute atomic E-state index is 0.0209. The molecule has 1 aromatic carbocycles. The second-order valence-electron chi connectivity index (χ2n) is 5.45. The number of nitrogens with one attached hydrogen (secondary N) is 1. The first-order valence-electron chi connectivity index (χ1n) is 7.85. The van der Waals surface area contributed by atoms with E-state index in [1.807, 2.05) is 0 Å². The lowest BCUT2D eigenvalue weighted by atomic mass is 10.2. The molecule has 1 unspecified atom stereocenters. The van der Waals surface area contributed by atoms with Gasteiger partial charge in [0.1, 0.15) is 6.04 Å². The highest BCUT2D eigenvalue weighted by Crippen LogP contribution is 2.16. The molecule has 2 N–H and O–H groups in total. The van der Waals surface area contributed by atoms with Crippen molar-refractivity contribution in [3.05, 3.63) is 29.8 Å². The van der Waals surface area contributed by atoms with Crippen molar-refractivity contribution in [1.82, 2.24) is 9.62 Å². The van der Waals surface area contributed by atoms with Crippen LogP contribution in [0.25, 0.3) is 0 Å². The SMILES string of the molecule is COCCN(CCOC)S(=O)(=O)c1ccc(C(=O)NC(C)C(=O)O)cc1. The Morgan fingerprint density at radius 3 is 2.04 bits per heavy atom. The third-order valence-electron chi connectivity index (χ3n) is 3.56. The monoisotopic (exact) mass is 388 g/mol. The zero-order chi connectivity index (χ0) is 19.7. The predicted molar refractivity (Wildman–Crippen MR) is 93.5 cm³/mol. The maximum Gasteiger partial charge on any atom is 0.325 e. The van der Waals surface area contributed by atoms with Gasteiger partial charge in [0, 0.05) is 32.9 Å². The minimum Gasteiger partial charge on any atom is -0.480 e. The van der Waals surface area contributed by atoms with E-state index in [4.69, 9.17) is 14.6 Å². The Kier molecular flexibility index (Phi) is 8.66. The summed E-state index contributed by atoms with van der Waals surface area (Å²) in [5, 5.41) is 11.1. The molecular formula is C16H24N2O7S. The predicted octanol–water partition coefficient (Wildman–Crippen LogP) is 0.173. The van der Waals surface area contributed by atoms with Crippen LogP contribution in [0.1, 0.15) is 17.3 Å². The molecule has 0 aliphatic carbocycles. The van der Waals surface area contributed by atoms with E-state index in [1.54, 1.807) is 0 Å². The molecule has 1 rings (SSSR count). The number of benzene rings is 1. The number of sulfonamides is 1. The molecule has 1 amide bonds. The second-order valence-corrected chi connectivity index (χ2v) is 7.39. The van der Waals surface area contributed by atoms with Gasteiger partial charge in [0.05, 0.1) is 18.1 Å². The summed E-state index contributed by atoms with van der Waals surface area (Å²) in [7, 11) is -0.819. The van der Waals surface area contributed by atoms with Crippen LogP contribution in [0.15, 0.2) is 29.2 Å². The zero-order valence-electron chi connectivity index (χ0n) is 15.0. The third kappa shape index (κ3) is 6.06. The van der Waals surface area contributed by atoms with Crippen molar-refractivity contribution >= 4 is 21.9 Å². The van der Waals surface area contributed by atoms with E-state index in [0.717, 1.165) is 0 Å². The van der Waals surface area contributed by atoms with Crippen LogP contribution >= 0.6 is 0 Å². The molecule has 0 saturated heterocycles. The van der Waals surface area contributed by atoms with Crippen LogP contribution < -0.4 is 5.32 Å². The molecule has 0 saturated carbocycles. The topological polar surface area (TPSA) is 122 Å². The summed E-state index contributed by atoms with van der Waals surface area (Å²) >= 11 is 0. The lowest BCUT2D eigenvalue weighted by molar-refractivity contribution is -0.138. The van der Waals surface area contributed by atoms with Gasteiger partial charge in [-0.05, 0) is 31.2 Å². The van der Waals surface area contributed by atoms with Crippen molar-refractivity contribution in [3.8, 4) is 0 Å². The fraction of sp³-hybridized carbons (Fsp3) is 0.500. The molecule has 146 valence electrons. The van der Waals surface area contributed by atoms with Gasteiger partial charge in [-0.25, -0.2) is 8.42 Å². The summed E-state index contributed by atoms with van der Waals surface area (Å²) in [5.74, 6) is -1.76.